The van der Waals surface area contributed by atoms with Gasteiger partial charge >= 0.3 is 6.09 Å². The summed E-state index contributed by atoms with van der Waals surface area (Å²) in [5.41, 5.74) is -1.72. The van der Waals surface area contributed by atoms with E-state index in [9.17, 15) is 14.4 Å². The molecule has 0 aromatic heterocycles. The average Bonchev–Trinajstić information content (AvgIpc) is 3.20. The standard InChI is InChI=1S/C17H17N3O6S/c1-16(2)7-25-15(23)20(16)12(21)11-17(26-14(27)19-11)9-6-8(24-3)4-5-10(9)18-13(17)22/h4-6,11H,7H2,1-3H3,(H,18,22)(H,19,27)/t11-,17-/m1/s1. The van der Waals surface area contributed by atoms with Gasteiger partial charge in [0.05, 0.1) is 12.6 Å². The number of nitrogens with one attached hydrogen (secondary N) is 2. The lowest BCUT2D eigenvalue weighted by atomic mass is 9.86. The summed E-state index contributed by atoms with van der Waals surface area (Å²) in [4.78, 5) is 39.4. The van der Waals surface area contributed by atoms with Crippen molar-refractivity contribution in [3.63, 3.8) is 0 Å². The summed E-state index contributed by atoms with van der Waals surface area (Å²) in [6.45, 7) is 3.45. The summed E-state index contributed by atoms with van der Waals surface area (Å²) in [5.74, 6) is -0.729. The number of carbonyl (C=O) groups is 3. The molecule has 2 fully saturated rings. The number of fused-ring (bicyclic) bond motifs is 2. The first-order valence-corrected chi connectivity index (χ1v) is 8.62. The van der Waals surface area contributed by atoms with Gasteiger partial charge in [-0.1, -0.05) is 0 Å². The molecule has 0 bridgehead atoms. The minimum atomic E-state index is -1.74. The van der Waals surface area contributed by atoms with Crippen molar-refractivity contribution in [2.45, 2.75) is 31.0 Å². The molecule has 3 aliphatic heterocycles. The Kier molecular flexibility index (Phi) is 3.61. The lowest BCUT2D eigenvalue weighted by Gasteiger charge is -2.32. The molecule has 1 aromatic carbocycles. The van der Waals surface area contributed by atoms with E-state index in [0.29, 0.717) is 17.0 Å². The molecule has 3 aliphatic rings. The van der Waals surface area contributed by atoms with Crippen LogP contribution in [-0.4, -0.2) is 53.3 Å². The van der Waals surface area contributed by atoms with Gasteiger partial charge in [-0.25, -0.2) is 9.69 Å². The van der Waals surface area contributed by atoms with Crippen LogP contribution in [0.2, 0.25) is 0 Å². The number of imide groups is 1. The van der Waals surface area contributed by atoms with Crippen LogP contribution in [0.1, 0.15) is 19.4 Å². The molecule has 3 heterocycles. The van der Waals surface area contributed by atoms with E-state index in [4.69, 9.17) is 26.4 Å². The summed E-state index contributed by atoms with van der Waals surface area (Å²) in [6.07, 6.45) is -0.774. The molecular formula is C17H17N3O6S. The molecule has 142 valence electrons. The Morgan fingerprint density at radius 3 is 2.74 bits per heavy atom. The molecule has 1 spiro atoms. The van der Waals surface area contributed by atoms with Crippen LogP contribution < -0.4 is 15.4 Å². The van der Waals surface area contributed by atoms with Crippen molar-refractivity contribution in [1.82, 2.24) is 10.2 Å². The predicted molar refractivity (Wildman–Crippen MR) is 96.2 cm³/mol. The van der Waals surface area contributed by atoms with Crippen LogP contribution in [0.25, 0.3) is 0 Å². The molecule has 4 rings (SSSR count). The van der Waals surface area contributed by atoms with Gasteiger partial charge in [-0.05, 0) is 44.3 Å². The molecule has 0 saturated carbocycles. The van der Waals surface area contributed by atoms with E-state index in [1.54, 1.807) is 32.0 Å². The van der Waals surface area contributed by atoms with E-state index in [1.165, 1.54) is 7.11 Å². The molecule has 10 heteroatoms. The Labute approximate surface area is 159 Å². The minimum absolute atomic E-state index is 0.0548. The van der Waals surface area contributed by atoms with E-state index < -0.39 is 35.1 Å². The number of hydrogen-bond acceptors (Lipinski definition) is 7. The van der Waals surface area contributed by atoms with Gasteiger partial charge in [0.25, 0.3) is 17.0 Å². The minimum Gasteiger partial charge on any atom is -0.497 e. The zero-order chi connectivity index (χ0) is 19.6. The number of nitrogens with zero attached hydrogens (tertiary/aromatic N) is 1. The zero-order valence-corrected chi connectivity index (χ0v) is 15.6. The maximum atomic E-state index is 13.3. The number of cyclic esters (lactones) is 1. The van der Waals surface area contributed by atoms with Crippen LogP contribution >= 0.6 is 12.2 Å². The highest BCUT2D eigenvalue weighted by Gasteiger charge is 2.65. The van der Waals surface area contributed by atoms with E-state index in [-0.39, 0.29) is 11.8 Å². The molecule has 0 aliphatic carbocycles. The maximum Gasteiger partial charge on any atom is 0.417 e. The SMILES string of the molecule is COc1ccc2c(c1)[C@]1(OC(=S)N[C@@H]1C(=O)N1C(=O)OCC1(C)C)C(=O)N2. The second-order valence-electron chi connectivity index (χ2n) is 7.11. The summed E-state index contributed by atoms with van der Waals surface area (Å²) < 4.78 is 15.9. The Hall–Kier alpha value is -2.88. The van der Waals surface area contributed by atoms with Gasteiger partial charge in [0.1, 0.15) is 12.4 Å². The first-order valence-electron chi connectivity index (χ1n) is 8.21. The fourth-order valence-electron chi connectivity index (χ4n) is 3.61. The van der Waals surface area contributed by atoms with Crippen molar-refractivity contribution < 1.29 is 28.6 Å². The molecule has 0 radical (unpaired) electrons. The number of benzene rings is 1. The lowest BCUT2D eigenvalue weighted by molar-refractivity contribution is -0.144. The average molecular weight is 391 g/mol. The molecule has 3 amide bonds. The topological polar surface area (TPSA) is 106 Å². The molecule has 0 unspecified atom stereocenters. The highest BCUT2D eigenvalue weighted by Crippen LogP contribution is 2.46. The van der Waals surface area contributed by atoms with Gasteiger partial charge in [0.15, 0.2) is 6.04 Å². The molecule has 1 aromatic rings. The smallest absolute Gasteiger partial charge is 0.417 e. The van der Waals surface area contributed by atoms with Crippen molar-refractivity contribution in [3.05, 3.63) is 23.8 Å². The van der Waals surface area contributed by atoms with Gasteiger partial charge in [-0.15, -0.1) is 0 Å². The van der Waals surface area contributed by atoms with Crippen molar-refractivity contribution in [2.24, 2.45) is 0 Å². The van der Waals surface area contributed by atoms with Gasteiger partial charge in [-0.2, -0.15) is 0 Å². The van der Waals surface area contributed by atoms with Gasteiger partial charge in [-0.3, -0.25) is 9.59 Å². The van der Waals surface area contributed by atoms with Crippen LogP contribution in [0.3, 0.4) is 0 Å². The summed E-state index contributed by atoms with van der Waals surface area (Å²) in [5, 5.41) is 5.34. The zero-order valence-electron chi connectivity index (χ0n) is 14.8. The first kappa shape index (κ1) is 17.5. The largest absolute Gasteiger partial charge is 0.497 e. The molecule has 27 heavy (non-hydrogen) atoms. The van der Waals surface area contributed by atoms with Crippen molar-refractivity contribution >= 4 is 41.0 Å². The van der Waals surface area contributed by atoms with Crippen molar-refractivity contribution in [1.29, 1.82) is 0 Å². The fraction of sp³-hybridized carbons (Fsp3) is 0.412. The van der Waals surface area contributed by atoms with E-state index in [2.05, 4.69) is 10.6 Å². The van der Waals surface area contributed by atoms with Gasteiger partial charge in [0.2, 0.25) is 5.60 Å². The van der Waals surface area contributed by atoms with E-state index >= 15 is 0 Å². The van der Waals surface area contributed by atoms with Crippen LogP contribution in [-0.2, 0) is 24.7 Å². The third kappa shape index (κ3) is 2.29. The van der Waals surface area contributed by atoms with Crippen LogP contribution in [0.4, 0.5) is 10.5 Å². The van der Waals surface area contributed by atoms with Crippen molar-refractivity contribution in [3.8, 4) is 5.75 Å². The number of methoxy groups -OCH3 is 1. The summed E-state index contributed by atoms with van der Waals surface area (Å²) in [6, 6.07) is 3.71. The van der Waals surface area contributed by atoms with Gasteiger partial charge in [0, 0.05) is 11.3 Å². The summed E-state index contributed by atoms with van der Waals surface area (Å²) >= 11 is 5.10. The number of amides is 3. The third-order valence-corrected chi connectivity index (χ3v) is 5.14. The van der Waals surface area contributed by atoms with Crippen molar-refractivity contribution in [2.75, 3.05) is 19.0 Å². The van der Waals surface area contributed by atoms with Gasteiger partial charge < -0.3 is 24.8 Å². The summed E-state index contributed by atoms with van der Waals surface area (Å²) in [7, 11) is 1.49. The monoisotopic (exact) mass is 391 g/mol. The number of ether oxygens (including phenoxy) is 3. The molecule has 9 nitrogen and oxygen atoms in total. The molecular weight excluding hydrogens is 374 g/mol. The number of anilines is 1. The maximum absolute atomic E-state index is 13.3. The predicted octanol–water partition coefficient (Wildman–Crippen LogP) is 0.873. The Morgan fingerprint density at radius 2 is 2.11 bits per heavy atom. The fourth-order valence-corrected chi connectivity index (χ4v) is 3.86. The second-order valence-corrected chi connectivity index (χ2v) is 7.48. The van der Waals surface area contributed by atoms with E-state index in [0.717, 1.165) is 4.90 Å². The molecule has 2 saturated heterocycles. The molecule has 2 atom stereocenters. The highest BCUT2D eigenvalue weighted by atomic mass is 32.1. The normalized spacial score (nSPS) is 27.7. The lowest BCUT2D eigenvalue weighted by Crippen LogP contribution is -2.59. The van der Waals surface area contributed by atoms with Crippen LogP contribution in [0.5, 0.6) is 5.75 Å². The third-order valence-electron chi connectivity index (χ3n) is 4.94. The van der Waals surface area contributed by atoms with E-state index in [1.807, 2.05) is 0 Å². The Bertz CT molecular complexity index is 901. The van der Waals surface area contributed by atoms with Crippen LogP contribution in [0, 0.1) is 0 Å². The molecule has 2 N–H and O–H groups in total. The Morgan fingerprint density at radius 1 is 1.37 bits per heavy atom. The quantitative estimate of drug-likeness (QED) is 0.716. The number of thiocarbonyl (C=S) groups is 1. The highest BCUT2D eigenvalue weighted by molar-refractivity contribution is 7.80. The number of rotatable bonds is 2. The number of carbonyl (C=O) groups excluding carboxylic acids is 3. The second kappa shape index (κ2) is 5.56. The van der Waals surface area contributed by atoms with Crippen LogP contribution in [0.15, 0.2) is 18.2 Å². The first-order chi connectivity index (χ1) is 12.7. The Balaban J connectivity index is 1.83. The number of hydrogen-bond donors (Lipinski definition) is 2.